The lowest BCUT2D eigenvalue weighted by atomic mass is 9.84. The minimum Gasteiger partial charge on any atom is -0.497 e. The number of ketones is 2. The number of hydrogen-bond acceptors (Lipinski definition) is 4. The fourth-order valence-corrected chi connectivity index (χ4v) is 3.64. The number of nitrogens with one attached hydrogen (secondary N) is 1. The average Bonchev–Trinajstić information content (AvgIpc) is 2.93. The number of carbonyl (C=O) groups excluding carboxylic acids is 2. The van der Waals surface area contributed by atoms with Crippen LogP contribution >= 0.6 is 0 Å². The van der Waals surface area contributed by atoms with E-state index in [9.17, 15) is 14.0 Å². The van der Waals surface area contributed by atoms with Crippen LogP contribution in [0.4, 0.5) is 10.1 Å². The van der Waals surface area contributed by atoms with E-state index < -0.39 is 5.54 Å². The van der Waals surface area contributed by atoms with Gasteiger partial charge in [0.05, 0.1) is 7.11 Å². The van der Waals surface area contributed by atoms with Crippen LogP contribution in [0.2, 0.25) is 0 Å². The Bertz CT molecular complexity index is 1050. The maximum atomic E-state index is 13.6. The van der Waals surface area contributed by atoms with E-state index in [0.717, 1.165) is 0 Å². The van der Waals surface area contributed by atoms with Crippen molar-refractivity contribution in [2.75, 3.05) is 12.4 Å². The van der Waals surface area contributed by atoms with Gasteiger partial charge < -0.3 is 10.1 Å². The van der Waals surface area contributed by atoms with Gasteiger partial charge in [-0.1, -0.05) is 36.4 Å². The van der Waals surface area contributed by atoms with Crippen LogP contribution in [0.25, 0.3) is 0 Å². The van der Waals surface area contributed by atoms with Crippen molar-refractivity contribution in [3.05, 3.63) is 94.8 Å². The molecule has 0 radical (unpaired) electrons. The fraction of sp³-hybridized carbons (Fsp3) is 0.130. The zero-order valence-electron chi connectivity index (χ0n) is 15.5. The molecule has 0 aromatic heterocycles. The Balaban J connectivity index is 1.91. The van der Waals surface area contributed by atoms with Gasteiger partial charge in [0, 0.05) is 16.8 Å². The number of halogens is 1. The number of benzene rings is 3. The maximum Gasteiger partial charge on any atom is 0.201 e. The molecule has 0 unspecified atom stereocenters. The number of aryl methyl sites for hydroxylation is 1. The first kappa shape index (κ1) is 17.9. The Morgan fingerprint density at radius 1 is 0.893 bits per heavy atom. The summed E-state index contributed by atoms with van der Waals surface area (Å²) in [6.45, 7) is 1.73. The molecule has 1 aliphatic carbocycles. The molecule has 4 rings (SSSR count). The van der Waals surface area contributed by atoms with E-state index in [1.165, 1.54) is 12.1 Å². The average molecular weight is 375 g/mol. The summed E-state index contributed by atoms with van der Waals surface area (Å²) in [5.41, 5.74) is 0.754. The van der Waals surface area contributed by atoms with Crippen LogP contribution in [-0.2, 0) is 5.54 Å². The number of anilines is 1. The van der Waals surface area contributed by atoms with E-state index in [4.69, 9.17) is 4.74 Å². The molecule has 0 amide bonds. The third-order valence-electron chi connectivity index (χ3n) is 5.13. The Morgan fingerprint density at radius 2 is 1.50 bits per heavy atom. The van der Waals surface area contributed by atoms with Gasteiger partial charge in [0.25, 0.3) is 0 Å². The Morgan fingerprint density at radius 3 is 2.04 bits per heavy atom. The normalized spacial score (nSPS) is 14.7. The number of ether oxygens (including phenoxy) is 1. The topological polar surface area (TPSA) is 55.4 Å². The van der Waals surface area contributed by atoms with Crippen molar-refractivity contribution in [3.8, 4) is 5.75 Å². The Kier molecular flexibility index (Phi) is 4.23. The second-order valence-corrected chi connectivity index (χ2v) is 6.77. The van der Waals surface area contributed by atoms with Crippen molar-refractivity contribution in [2.45, 2.75) is 12.5 Å². The minimum absolute atomic E-state index is 0.331. The molecule has 140 valence electrons. The van der Waals surface area contributed by atoms with E-state index >= 15 is 0 Å². The van der Waals surface area contributed by atoms with Gasteiger partial charge in [0.2, 0.25) is 11.6 Å². The molecule has 4 nitrogen and oxygen atoms in total. The molecule has 0 aliphatic heterocycles. The second kappa shape index (κ2) is 6.60. The highest BCUT2D eigenvalue weighted by molar-refractivity contribution is 6.34. The summed E-state index contributed by atoms with van der Waals surface area (Å²) in [7, 11) is 1.55. The molecule has 0 spiro atoms. The minimum atomic E-state index is -1.61. The molecule has 1 N–H and O–H groups in total. The Labute approximate surface area is 162 Å². The predicted octanol–water partition coefficient (Wildman–Crippen LogP) is 4.53. The number of methoxy groups -OCH3 is 1. The SMILES string of the molecule is COc1ccc(C2(Nc3ccc(F)cc3C)C(=O)c3ccccc3C2=O)cc1. The summed E-state index contributed by atoms with van der Waals surface area (Å²) < 4.78 is 18.8. The van der Waals surface area contributed by atoms with Crippen molar-refractivity contribution in [1.29, 1.82) is 0 Å². The van der Waals surface area contributed by atoms with Crippen molar-refractivity contribution in [3.63, 3.8) is 0 Å². The van der Waals surface area contributed by atoms with Gasteiger partial charge in [-0.05, 0) is 48.4 Å². The fourth-order valence-electron chi connectivity index (χ4n) is 3.64. The van der Waals surface area contributed by atoms with Gasteiger partial charge in [-0.15, -0.1) is 0 Å². The molecule has 28 heavy (non-hydrogen) atoms. The summed E-state index contributed by atoms with van der Waals surface area (Å²) in [5, 5.41) is 3.14. The molecular formula is C23H18FNO3. The summed E-state index contributed by atoms with van der Waals surface area (Å²) in [4.78, 5) is 27.0. The Hall–Kier alpha value is -3.47. The van der Waals surface area contributed by atoms with Crippen molar-refractivity contribution in [1.82, 2.24) is 0 Å². The number of fused-ring (bicyclic) bond motifs is 1. The zero-order chi connectivity index (χ0) is 19.9. The zero-order valence-corrected chi connectivity index (χ0v) is 15.5. The lowest BCUT2D eigenvalue weighted by molar-refractivity contribution is 0.0818. The van der Waals surface area contributed by atoms with E-state index in [1.807, 2.05) is 0 Å². The molecule has 0 atom stereocenters. The highest BCUT2D eigenvalue weighted by Crippen LogP contribution is 2.41. The first-order chi connectivity index (χ1) is 13.5. The molecule has 0 saturated carbocycles. The quantitative estimate of drug-likeness (QED) is 0.681. The van der Waals surface area contributed by atoms with Crippen LogP contribution in [0, 0.1) is 12.7 Å². The van der Waals surface area contributed by atoms with E-state index in [0.29, 0.717) is 33.7 Å². The van der Waals surface area contributed by atoms with Crippen LogP contribution in [0.3, 0.4) is 0 Å². The van der Waals surface area contributed by atoms with Crippen LogP contribution in [-0.4, -0.2) is 18.7 Å². The summed E-state index contributed by atoms with van der Waals surface area (Å²) >= 11 is 0. The van der Waals surface area contributed by atoms with Crippen LogP contribution in [0.1, 0.15) is 31.8 Å². The van der Waals surface area contributed by atoms with Crippen molar-refractivity contribution in [2.24, 2.45) is 0 Å². The highest BCUT2D eigenvalue weighted by Gasteiger charge is 2.54. The highest BCUT2D eigenvalue weighted by atomic mass is 19.1. The summed E-state index contributed by atoms with van der Waals surface area (Å²) in [6, 6.07) is 17.8. The maximum absolute atomic E-state index is 13.6. The standard InChI is InChI=1S/C23H18FNO3/c1-14-13-16(24)9-12-20(14)25-23(15-7-10-17(28-2)11-8-15)21(26)18-5-3-4-6-19(18)22(23)27/h3-13,25H,1-2H3. The van der Waals surface area contributed by atoms with Gasteiger partial charge >= 0.3 is 0 Å². The molecule has 5 heteroatoms. The van der Waals surface area contributed by atoms with Crippen LogP contribution in [0.15, 0.2) is 66.7 Å². The third-order valence-corrected chi connectivity index (χ3v) is 5.13. The molecule has 0 fully saturated rings. The number of rotatable bonds is 4. The van der Waals surface area contributed by atoms with Crippen molar-refractivity contribution >= 4 is 17.3 Å². The molecule has 0 bridgehead atoms. The first-order valence-corrected chi connectivity index (χ1v) is 8.85. The molecule has 3 aromatic carbocycles. The smallest absolute Gasteiger partial charge is 0.201 e. The number of carbonyl (C=O) groups is 2. The van der Waals surface area contributed by atoms with Gasteiger partial charge in [-0.25, -0.2) is 4.39 Å². The van der Waals surface area contributed by atoms with Crippen molar-refractivity contribution < 1.29 is 18.7 Å². The first-order valence-electron chi connectivity index (χ1n) is 8.85. The lowest BCUT2D eigenvalue weighted by Gasteiger charge is -2.30. The van der Waals surface area contributed by atoms with E-state index in [2.05, 4.69) is 5.32 Å². The summed E-state index contributed by atoms with van der Waals surface area (Å²) in [5.74, 6) is -0.426. The van der Waals surface area contributed by atoms with E-state index in [1.54, 1.807) is 68.6 Å². The second-order valence-electron chi connectivity index (χ2n) is 6.77. The van der Waals surface area contributed by atoms with Crippen LogP contribution < -0.4 is 10.1 Å². The van der Waals surface area contributed by atoms with Gasteiger partial charge in [-0.2, -0.15) is 0 Å². The molecule has 3 aromatic rings. The molecular weight excluding hydrogens is 357 g/mol. The van der Waals surface area contributed by atoms with E-state index in [-0.39, 0.29) is 17.4 Å². The van der Waals surface area contributed by atoms with Gasteiger partial charge in [0.1, 0.15) is 11.6 Å². The van der Waals surface area contributed by atoms with Gasteiger partial charge in [0.15, 0.2) is 5.54 Å². The predicted molar refractivity (Wildman–Crippen MR) is 105 cm³/mol. The molecule has 1 aliphatic rings. The summed E-state index contributed by atoms with van der Waals surface area (Å²) in [6.07, 6.45) is 0. The number of Topliss-reactive ketones (excluding diaryl/α,β-unsaturated/α-hetero) is 2. The largest absolute Gasteiger partial charge is 0.497 e. The van der Waals surface area contributed by atoms with Crippen LogP contribution in [0.5, 0.6) is 5.75 Å². The third kappa shape index (κ3) is 2.59. The van der Waals surface area contributed by atoms with Gasteiger partial charge in [-0.3, -0.25) is 9.59 Å². The molecule has 0 heterocycles. The monoisotopic (exact) mass is 375 g/mol. The number of hydrogen-bond donors (Lipinski definition) is 1. The lowest BCUT2D eigenvalue weighted by Crippen LogP contribution is -2.46. The molecule has 0 saturated heterocycles.